The first-order chi connectivity index (χ1) is 18.4. The number of benzene rings is 2. The maximum atomic E-state index is 13.6. The Morgan fingerprint density at radius 1 is 1.05 bits per heavy atom. The predicted octanol–water partition coefficient (Wildman–Crippen LogP) is 5.14. The zero-order valence-corrected chi connectivity index (χ0v) is 22.5. The van der Waals surface area contributed by atoms with Crippen LogP contribution in [0.3, 0.4) is 0 Å². The van der Waals surface area contributed by atoms with Crippen LogP contribution in [0.25, 0.3) is 11.1 Å². The van der Waals surface area contributed by atoms with Gasteiger partial charge in [-0.2, -0.15) is 0 Å². The van der Waals surface area contributed by atoms with Gasteiger partial charge in [-0.05, 0) is 67.7 Å². The smallest absolute Gasteiger partial charge is 0.245 e. The third kappa shape index (κ3) is 6.91. The van der Waals surface area contributed by atoms with Crippen LogP contribution < -0.4 is 11.1 Å². The number of aryl methyl sites for hydroxylation is 1. The summed E-state index contributed by atoms with van der Waals surface area (Å²) in [5, 5.41) is 3.04. The van der Waals surface area contributed by atoms with Crippen LogP contribution in [0.15, 0.2) is 61.2 Å². The topological polar surface area (TPSA) is 92.5 Å². The number of carbonyl (C=O) groups is 3. The molecule has 38 heavy (non-hydrogen) atoms. The van der Waals surface area contributed by atoms with E-state index in [0.717, 1.165) is 48.8 Å². The fraction of sp³-hybridized carbons (Fsp3) is 0.469. The van der Waals surface area contributed by atoms with E-state index in [1.807, 2.05) is 17.0 Å². The Morgan fingerprint density at radius 3 is 2.47 bits per heavy atom. The largest absolute Gasteiger partial charge is 0.369 e. The number of likely N-dealkylation sites (tertiary alicyclic amines) is 1. The molecular formula is C32H41N3O3. The van der Waals surface area contributed by atoms with Gasteiger partial charge in [-0.15, -0.1) is 6.58 Å². The molecule has 1 saturated carbocycles. The molecule has 1 saturated heterocycles. The fourth-order valence-electron chi connectivity index (χ4n) is 5.69. The van der Waals surface area contributed by atoms with E-state index in [4.69, 9.17) is 5.73 Å². The number of carbonyl (C=O) groups excluding carboxylic acids is 3. The molecular weight excluding hydrogens is 474 g/mol. The minimum Gasteiger partial charge on any atom is -0.369 e. The van der Waals surface area contributed by atoms with Crippen molar-refractivity contribution < 1.29 is 14.4 Å². The van der Waals surface area contributed by atoms with E-state index in [0.29, 0.717) is 38.3 Å². The van der Waals surface area contributed by atoms with Crippen LogP contribution >= 0.6 is 0 Å². The molecule has 4 rings (SSSR count). The second-order valence-electron chi connectivity index (χ2n) is 11.1. The van der Waals surface area contributed by atoms with Gasteiger partial charge in [0.2, 0.25) is 17.7 Å². The third-order valence-electron chi connectivity index (χ3n) is 8.20. The Hall–Kier alpha value is -3.41. The lowest BCUT2D eigenvalue weighted by Crippen LogP contribution is -2.51. The summed E-state index contributed by atoms with van der Waals surface area (Å²) in [7, 11) is 0. The minimum atomic E-state index is -0.602. The van der Waals surface area contributed by atoms with Gasteiger partial charge < -0.3 is 16.0 Å². The van der Waals surface area contributed by atoms with Crippen molar-refractivity contribution in [3.63, 3.8) is 0 Å². The molecule has 3 atom stereocenters. The summed E-state index contributed by atoms with van der Waals surface area (Å²) in [5.41, 5.74) is 10.3. The zero-order chi connectivity index (χ0) is 27.1. The quantitative estimate of drug-likeness (QED) is 0.406. The zero-order valence-electron chi connectivity index (χ0n) is 22.5. The number of nitrogens with zero attached hydrogens (tertiary/aromatic N) is 1. The van der Waals surface area contributed by atoms with Crippen molar-refractivity contribution in [1.82, 2.24) is 10.2 Å². The second-order valence-corrected chi connectivity index (χ2v) is 11.1. The lowest BCUT2D eigenvalue weighted by molar-refractivity contribution is -0.139. The van der Waals surface area contributed by atoms with E-state index in [2.05, 4.69) is 55.2 Å². The molecule has 1 aliphatic carbocycles. The minimum absolute atomic E-state index is 0.0571. The molecule has 1 heterocycles. The maximum absolute atomic E-state index is 13.6. The molecule has 6 heteroatoms. The van der Waals surface area contributed by atoms with Crippen LogP contribution in [0.2, 0.25) is 0 Å². The lowest BCUT2D eigenvalue weighted by atomic mass is 9.74. The Labute approximate surface area is 226 Å². The van der Waals surface area contributed by atoms with Crippen molar-refractivity contribution in [2.24, 2.45) is 23.5 Å². The molecule has 0 radical (unpaired) electrons. The van der Waals surface area contributed by atoms with Crippen molar-refractivity contribution >= 4 is 17.7 Å². The molecule has 2 fully saturated rings. The van der Waals surface area contributed by atoms with Gasteiger partial charge in [0.1, 0.15) is 6.04 Å². The highest BCUT2D eigenvalue weighted by atomic mass is 16.2. The van der Waals surface area contributed by atoms with Crippen LogP contribution in [-0.2, 0) is 20.9 Å². The lowest BCUT2D eigenvalue weighted by Gasteiger charge is -2.33. The van der Waals surface area contributed by atoms with Crippen molar-refractivity contribution in [2.45, 2.75) is 70.9 Å². The van der Waals surface area contributed by atoms with Gasteiger partial charge >= 0.3 is 0 Å². The molecule has 6 nitrogen and oxygen atoms in total. The SMILES string of the molecule is C=CCC(C(N)=O)C(CC1CCC1)C(=O)N[C@H]1CCCCN(Cc2cccc(-c3ccc(C)cc3)c2)C1=O. The molecule has 2 aromatic carbocycles. The number of primary amides is 1. The molecule has 3 N–H and O–H groups in total. The van der Waals surface area contributed by atoms with Gasteiger partial charge in [0.15, 0.2) is 0 Å². The standard InChI is InChI=1S/C32H41N3O3/c1-3-8-27(30(33)36)28(20-23-9-6-10-23)31(37)34-29-13-4-5-18-35(32(29)38)21-24-11-7-12-26(19-24)25-16-14-22(2)15-17-25/h3,7,11-12,14-17,19,23,27-29H,1,4-6,8-10,13,18,20-21H2,2H3,(H2,33,36)(H,34,37)/t27?,28?,29-/m0/s1. The summed E-state index contributed by atoms with van der Waals surface area (Å²) in [6.45, 7) is 6.99. The summed E-state index contributed by atoms with van der Waals surface area (Å²) in [6.07, 6.45) is 8.29. The van der Waals surface area contributed by atoms with Gasteiger partial charge in [-0.3, -0.25) is 14.4 Å². The van der Waals surface area contributed by atoms with Crippen LogP contribution in [0, 0.1) is 24.7 Å². The van der Waals surface area contributed by atoms with Crippen molar-refractivity contribution in [2.75, 3.05) is 6.54 Å². The van der Waals surface area contributed by atoms with Crippen LogP contribution in [0.5, 0.6) is 0 Å². The number of nitrogens with two attached hydrogens (primary N) is 1. The van der Waals surface area contributed by atoms with Gasteiger partial charge in [-0.1, -0.05) is 73.4 Å². The van der Waals surface area contributed by atoms with Crippen LogP contribution in [0.1, 0.15) is 62.5 Å². The van der Waals surface area contributed by atoms with E-state index >= 15 is 0 Å². The normalized spacial score (nSPS) is 19.7. The highest BCUT2D eigenvalue weighted by Crippen LogP contribution is 2.36. The molecule has 0 aromatic heterocycles. The second kappa shape index (κ2) is 12.9. The summed E-state index contributed by atoms with van der Waals surface area (Å²) < 4.78 is 0. The monoisotopic (exact) mass is 515 g/mol. The highest BCUT2D eigenvalue weighted by molar-refractivity contribution is 5.91. The Balaban J connectivity index is 1.47. The number of allylic oxidation sites excluding steroid dienone is 1. The van der Waals surface area contributed by atoms with Crippen molar-refractivity contribution in [3.8, 4) is 11.1 Å². The predicted molar refractivity (Wildman–Crippen MR) is 151 cm³/mol. The first kappa shape index (κ1) is 27.6. The van der Waals surface area contributed by atoms with Crippen LogP contribution in [-0.4, -0.2) is 35.2 Å². The van der Waals surface area contributed by atoms with Gasteiger partial charge in [-0.25, -0.2) is 0 Å². The summed E-state index contributed by atoms with van der Waals surface area (Å²) in [4.78, 5) is 41.3. The van der Waals surface area contributed by atoms with Gasteiger partial charge in [0.25, 0.3) is 0 Å². The maximum Gasteiger partial charge on any atom is 0.245 e. The summed E-state index contributed by atoms with van der Waals surface area (Å²) in [5.74, 6) is -1.48. The number of rotatable bonds is 11. The van der Waals surface area contributed by atoms with E-state index in [9.17, 15) is 14.4 Å². The van der Waals surface area contributed by atoms with Gasteiger partial charge in [0.05, 0.1) is 11.8 Å². The first-order valence-corrected chi connectivity index (χ1v) is 14.0. The molecule has 2 aromatic rings. The van der Waals surface area contributed by atoms with E-state index in [-0.39, 0.29) is 11.8 Å². The van der Waals surface area contributed by atoms with E-state index in [1.54, 1.807) is 6.08 Å². The molecule has 1 aliphatic heterocycles. The Morgan fingerprint density at radius 2 is 1.82 bits per heavy atom. The summed E-state index contributed by atoms with van der Waals surface area (Å²) in [6, 6.07) is 16.1. The molecule has 0 bridgehead atoms. The van der Waals surface area contributed by atoms with Crippen molar-refractivity contribution in [3.05, 3.63) is 72.3 Å². The number of amides is 3. The average molecular weight is 516 g/mol. The molecule has 2 unspecified atom stereocenters. The number of nitrogens with one attached hydrogen (secondary N) is 1. The third-order valence-corrected chi connectivity index (χ3v) is 8.20. The average Bonchev–Trinajstić information content (AvgIpc) is 3.04. The Bertz CT molecular complexity index is 1140. The molecule has 0 spiro atoms. The molecule has 3 amide bonds. The Kier molecular flexibility index (Phi) is 9.38. The number of hydrogen-bond acceptors (Lipinski definition) is 3. The highest BCUT2D eigenvalue weighted by Gasteiger charge is 2.37. The van der Waals surface area contributed by atoms with Crippen LogP contribution in [0.4, 0.5) is 0 Å². The fourth-order valence-corrected chi connectivity index (χ4v) is 5.69. The first-order valence-electron chi connectivity index (χ1n) is 14.0. The van der Waals surface area contributed by atoms with Gasteiger partial charge in [0, 0.05) is 13.1 Å². The van der Waals surface area contributed by atoms with Crippen molar-refractivity contribution in [1.29, 1.82) is 0 Å². The van der Waals surface area contributed by atoms with E-state index < -0.39 is 23.8 Å². The number of hydrogen-bond donors (Lipinski definition) is 2. The molecule has 202 valence electrons. The summed E-state index contributed by atoms with van der Waals surface area (Å²) >= 11 is 0. The van der Waals surface area contributed by atoms with E-state index in [1.165, 1.54) is 5.56 Å². The molecule has 2 aliphatic rings.